The molecular formula is C44H27NOS. The summed E-state index contributed by atoms with van der Waals surface area (Å²) in [6.07, 6.45) is 0. The lowest BCUT2D eigenvalue weighted by Gasteiger charge is -2.28. The molecule has 0 saturated carbocycles. The van der Waals surface area contributed by atoms with Gasteiger partial charge in [0.2, 0.25) is 0 Å². The molecule has 0 amide bonds. The normalized spacial score (nSPS) is 11.8. The number of fused-ring (bicyclic) bond motifs is 9. The van der Waals surface area contributed by atoms with Gasteiger partial charge in [-0.1, -0.05) is 127 Å². The molecular weight excluding hydrogens is 591 g/mol. The predicted molar refractivity (Wildman–Crippen MR) is 202 cm³/mol. The van der Waals surface area contributed by atoms with Gasteiger partial charge in [-0.05, 0) is 58.1 Å². The van der Waals surface area contributed by atoms with Gasteiger partial charge in [0.25, 0.3) is 0 Å². The third-order valence-corrected chi connectivity index (χ3v) is 10.7. The maximum Gasteiger partial charge on any atom is 0.145 e. The number of para-hydroxylation sites is 1. The largest absolute Gasteiger partial charge is 0.455 e. The highest BCUT2D eigenvalue weighted by molar-refractivity contribution is 7.26. The lowest BCUT2D eigenvalue weighted by molar-refractivity contribution is 0.670. The van der Waals surface area contributed by atoms with Gasteiger partial charge < -0.3 is 9.32 Å². The second-order valence-corrected chi connectivity index (χ2v) is 13.1. The van der Waals surface area contributed by atoms with Crippen molar-refractivity contribution >= 4 is 92.1 Å². The fourth-order valence-electron chi connectivity index (χ4n) is 7.36. The third-order valence-electron chi connectivity index (χ3n) is 9.46. The summed E-state index contributed by atoms with van der Waals surface area (Å²) in [6, 6.07) is 58.9. The molecule has 0 saturated heterocycles. The van der Waals surface area contributed by atoms with Crippen LogP contribution in [0.15, 0.2) is 168 Å². The molecule has 0 aliphatic carbocycles. The Morgan fingerprint density at radius 3 is 2.02 bits per heavy atom. The Morgan fingerprint density at radius 2 is 1.13 bits per heavy atom. The lowest BCUT2D eigenvalue weighted by atomic mass is 9.97. The van der Waals surface area contributed by atoms with Crippen molar-refractivity contribution in [1.82, 2.24) is 0 Å². The molecule has 3 heteroatoms. The fraction of sp³-hybridized carbons (Fsp3) is 0. The van der Waals surface area contributed by atoms with Crippen LogP contribution in [0.1, 0.15) is 0 Å². The highest BCUT2D eigenvalue weighted by atomic mass is 32.1. The molecule has 0 atom stereocenters. The molecule has 10 aromatic rings. The highest BCUT2D eigenvalue weighted by Crippen LogP contribution is 2.51. The second-order valence-electron chi connectivity index (χ2n) is 12.0. The van der Waals surface area contributed by atoms with Crippen LogP contribution in [0.5, 0.6) is 0 Å². The smallest absolute Gasteiger partial charge is 0.145 e. The summed E-state index contributed by atoms with van der Waals surface area (Å²) in [5.74, 6) is 0. The maximum absolute atomic E-state index is 6.76. The topological polar surface area (TPSA) is 16.4 Å². The summed E-state index contributed by atoms with van der Waals surface area (Å²) >= 11 is 1.86. The number of hydrogen-bond acceptors (Lipinski definition) is 3. The molecule has 0 spiro atoms. The Morgan fingerprint density at radius 1 is 0.426 bits per heavy atom. The number of furan rings is 1. The van der Waals surface area contributed by atoms with Gasteiger partial charge in [0.15, 0.2) is 0 Å². The minimum atomic E-state index is 0.885. The molecule has 0 aliphatic rings. The molecule has 0 N–H and O–H groups in total. The van der Waals surface area contributed by atoms with Crippen LogP contribution in [0.2, 0.25) is 0 Å². The molecule has 2 aromatic heterocycles. The van der Waals surface area contributed by atoms with Crippen molar-refractivity contribution in [2.45, 2.75) is 0 Å². The lowest BCUT2D eigenvalue weighted by Crippen LogP contribution is -2.11. The van der Waals surface area contributed by atoms with E-state index in [1.54, 1.807) is 0 Å². The van der Waals surface area contributed by atoms with Crippen molar-refractivity contribution in [2.24, 2.45) is 0 Å². The molecule has 0 aliphatic heterocycles. The Bertz CT molecular complexity index is 2810. The zero-order chi connectivity index (χ0) is 30.9. The average molecular weight is 618 g/mol. The van der Waals surface area contributed by atoms with E-state index in [0.29, 0.717) is 0 Å². The van der Waals surface area contributed by atoms with Gasteiger partial charge in [-0.15, -0.1) is 11.3 Å². The Labute approximate surface area is 275 Å². The van der Waals surface area contributed by atoms with Crippen LogP contribution < -0.4 is 4.90 Å². The van der Waals surface area contributed by atoms with E-state index in [-0.39, 0.29) is 0 Å². The molecule has 0 bridgehead atoms. The third kappa shape index (κ3) is 3.97. The van der Waals surface area contributed by atoms with Crippen molar-refractivity contribution < 1.29 is 4.42 Å². The van der Waals surface area contributed by atoms with Gasteiger partial charge in [-0.3, -0.25) is 0 Å². The fourth-order valence-corrected chi connectivity index (χ4v) is 8.56. The van der Waals surface area contributed by atoms with Crippen molar-refractivity contribution in [3.05, 3.63) is 164 Å². The van der Waals surface area contributed by atoms with Crippen LogP contribution in [0, 0.1) is 0 Å². The van der Waals surface area contributed by atoms with Crippen LogP contribution >= 0.6 is 11.3 Å². The summed E-state index contributed by atoms with van der Waals surface area (Å²) in [7, 11) is 0. The number of rotatable bonds is 4. The molecule has 47 heavy (non-hydrogen) atoms. The van der Waals surface area contributed by atoms with Gasteiger partial charge in [-0.25, -0.2) is 0 Å². The number of benzene rings is 8. The number of hydrogen-bond donors (Lipinski definition) is 0. The number of anilines is 3. The van der Waals surface area contributed by atoms with E-state index in [1.807, 2.05) is 11.3 Å². The maximum atomic E-state index is 6.76. The van der Waals surface area contributed by atoms with E-state index in [4.69, 9.17) is 4.42 Å². The van der Waals surface area contributed by atoms with Gasteiger partial charge in [0, 0.05) is 31.8 Å². The number of thiophene rings is 1. The first-order valence-electron chi connectivity index (χ1n) is 15.9. The highest BCUT2D eigenvalue weighted by Gasteiger charge is 2.25. The monoisotopic (exact) mass is 617 g/mol. The molecule has 0 unspecified atom stereocenters. The number of nitrogens with zero attached hydrogens (tertiary/aromatic N) is 1. The first-order chi connectivity index (χ1) is 23.3. The molecule has 2 nitrogen and oxygen atoms in total. The van der Waals surface area contributed by atoms with Crippen LogP contribution in [-0.4, -0.2) is 0 Å². The van der Waals surface area contributed by atoms with Crippen LogP contribution in [0.3, 0.4) is 0 Å². The van der Waals surface area contributed by atoms with Crippen molar-refractivity contribution in [2.75, 3.05) is 4.90 Å². The summed E-state index contributed by atoms with van der Waals surface area (Å²) in [5, 5.41) is 9.72. The van der Waals surface area contributed by atoms with Gasteiger partial charge in [0.05, 0.1) is 27.1 Å². The quantitative estimate of drug-likeness (QED) is 0.183. The zero-order valence-electron chi connectivity index (χ0n) is 25.4. The van der Waals surface area contributed by atoms with Crippen LogP contribution in [0.25, 0.3) is 74.8 Å². The SMILES string of the molecule is c1ccc(-c2ccc(N(c3cccc4c3ccc3ccccc34)c3cccc4c3sc3ccccc34)c3c2oc2ccccc23)cc1. The second kappa shape index (κ2) is 10.3. The molecule has 0 radical (unpaired) electrons. The Kier molecular flexibility index (Phi) is 5.78. The first kappa shape index (κ1) is 26.3. The van der Waals surface area contributed by atoms with E-state index in [0.717, 1.165) is 50.1 Å². The Hall–Kier alpha value is -5.90. The van der Waals surface area contributed by atoms with Crippen molar-refractivity contribution in [3.8, 4) is 11.1 Å². The average Bonchev–Trinajstić information content (AvgIpc) is 3.72. The van der Waals surface area contributed by atoms with Gasteiger partial charge >= 0.3 is 0 Å². The van der Waals surface area contributed by atoms with Crippen molar-refractivity contribution in [1.29, 1.82) is 0 Å². The van der Waals surface area contributed by atoms with E-state index in [1.165, 1.54) is 41.7 Å². The minimum Gasteiger partial charge on any atom is -0.455 e. The minimum absolute atomic E-state index is 0.885. The summed E-state index contributed by atoms with van der Waals surface area (Å²) in [6.45, 7) is 0. The summed E-state index contributed by atoms with van der Waals surface area (Å²) in [5.41, 5.74) is 7.39. The first-order valence-corrected chi connectivity index (χ1v) is 16.8. The van der Waals surface area contributed by atoms with Gasteiger partial charge in [0.1, 0.15) is 11.2 Å². The van der Waals surface area contributed by atoms with E-state index >= 15 is 0 Å². The zero-order valence-corrected chi connectivity index (χ0v) is 26.2. The molecule has 8 aromatic carbocycles. The van der Waals surface area contributed by atoms with E-state index in [2.05, 4.69) is 169 Å². The van der Waals surface area contributed by atoms with E-state index < -0.39 is 0 Å². The van der Waals surface area contributed by atoms with E-state index in [9.17, 15) is 0 Å². The molecule has 220 valence electrons. The molecule has 2 heterocycles. The van der Waals surface area contributed by atoms with Crippen LogP contribution in [-0.2, 0) is 0 Å². The Balaban J connectivity index is 1.36. The summed E-state index contributed by atoms with van der Waals surface area (Å²) in [4.78, 5) is 2.48. The summed E-state index contributed by atoms with van der Waals surface area (Å²) < 4.78 is 9.31. The standard InChI is InChI=1S/C44H27NOS/c1-2-12-28(13-3-1)31-26-27-38(42-36-17-6-8-22-40(36)46-43(31)42)45(39-21-11-19-35-34-16-7-9-23-41(34)47-44(35)39)37-20-10-18-32-30-15-5-4-14-29(30)24-25-33(32)37/h1-27H. The van der Waals surface area contributed by atoms with Gasteiger partial charge in [-0.2, -0.15) is 0 Å². The van der Waals surface area contributed by atoms with Crippen LogP contribution in [0.4, 0.5) is 17.1 Å². The molecule has 10 rings (SSSR count). The van der Waals surface area contributed by atoms with Crippen molar-refractivity contribution in [3.63, 3.8) is 0 Å². The predicted octanol–water partition coefficient (Wildman–Crippen LogP) is 13.4. The molecule has 0 fully saturated rings.